The summed E-state index contributed by atoms with van der Waals surface area (Å²) in [5.74, 6) is -0.243. The van der Waals surface area contributed by atoms with Crippen LogP contribution in [0.25, 0.3) is 0 Å². The van der Waals surface area contributed by atoms with Gasteiger partial charge >= 0.3 is 5.97 Å². The van der Waals surface area contributed by atoms with Crippen LogP contribution in [-0.2, 0) is 9.53 Å². The average Bonchev–Trinajstić information content (AvgIpc) is 2.23. The van der Waals surface area contributed by atoms with E-state index in [0.717, 1.165) is 6.42 Å². The van der Waals surface area contributed by atoms with E-state index in [0.29, 0.717) is 18.8 Å². The van der Waals surface area contributed by atoms with Gasteiger partial charge in [0.15, 0.2) is 0 Å². The van der Waals surface area contributed by atoms with E-state index in [2.05, 4.69) is 11.7 Å². The van der Waals surface area contributed by atoms with Crippen molar-refractivity contribution in [3.63, 3.8) is 0 Å². The predicted molar refractivity (Wildman–Crippen MR) is 58.7 cm³/mol. The number of rotatable bonds is 3. The lowest BCUT2D eigenvalue weighted by Crippen LogP contribution is -2.49. The lowest BCUT2D eigenvalue weighted by Gasteiger charge is -2.39. The number of halogens is 1. The Morgan fingerprint density at radius 1 is 1.56 bits per heavy atom. The molecule has 0 spiro atoms. The van der Waals surface area contributed by atoms with E-state index in [1.165, 1.54) is 0 Å². The molecule has 0 aromatic heterocycles. The van der Waals surface area contributed by atoms with Crippen molar-refractivity contribution >= 4 is 5.97 Å². The summed E-state index contributed by atoms with van der Waals surface area (Å²) < 4.78 is 18.4. The van der Waals surface area contributed by atoms with Crippen molar-refractivity contribution in [2.75, 3.05) is 6.61 Å². The molecule has 16 heavy (non-hydrogen) atoms. The molecule has 1 N–H and O–H groups in total. The van der Waals surface area contributed by atoms with Gasteiger partial charge in [-0.15, -0.1) is 0 Å². The Balaban J connectivity index is 2.66. The van der Waals surface area contributed by atoms with Crippen LogP contribution in [0.2, 0.25) is 0 Å². The summed E-state index contributed by atoms with van der Waals surface area (Å²) in [5, 5.41) is 10.1. The van der Waals surface area contributed by atoms with E-state index in [1.54, 1.807) is 6.92 Å². The Morgan fingerprint density at radius 2 is 2.19 bits per heavy atom. The molecule has 4 heteroatoms. The number of alkyl halides is 1. The van der Waals surface area contributed by atoms with Gasteiger partial charge in [-0.05, 0) is 38.0 Å². The van der Waals surface area contributed by atoms with Gasteiger partial charge in [-0.3, -0.25) is 0 Å². The summed E-state index contributed by atoms with van der Waals surface area (Å²) in [5.41, 5.74) is -1.53. The monoisotopic (exact) mass is 232 g/mol. The first-order valence-electron chi connectivity index (χ1n) is 5.93. The van der Waals surface area contributed by atoms with Crippen LogP contribution in [0.15, 0.2) is 0 Å². The highest BCUT2D eigenvalue weighted by Gasteiger charge is 2.46. The molecule has 1 saturated carbocycles. The molecule has 94 valence electrons. The van der Waals surface area contributed by atoms with E-state index < -0.39 is 17.7 Å². The zero-order chi connectivity index (χ0) is 12.3. The molecule has 0 amide bonds. The van der Waals surface area contributed by atoms with Gasteiger partial charge in [0.2, 0.25) is 6.17 Å². The lowest BCUT2D eigenvalue weighted by atomic mass is 9.71. The molecule has 0 saturated heterocycles. The Hall–Kier alpha value is -0.640. The van der Waals surface area contributed by atoms with Crippen molar-refractivity contribution in [3.8, 4) is 0 Å². The first-order chi connectivity index (χ1) is 7.40. The largest absolute Gasteiger partial charge is 0.464 e. The Morgan fingerprint density at radius 3 is 2.69 bits per heavy atom. The number of ether oxygens (including phenoxy) is 1. The number of aliphatic hydroxyl groups is 1. The number of hydrogen-bond donors (Lipinski definition) is 1. The van der Waals surface area contributed by atoms with Crippen LogP contribution in [0.5, 0.6) is 0 Å². The van der Waals surface area contributed by atoms with E-state index in [9.17, 15) is 14.3 Å². The van der Waals surface area contributed by atoms with Crippen LogP contribution in [0, 0.1) is 11.8 Å². The molecule has 0 aromatic rings. The van der Waals surface area contributed by atoms with Gasteiger partial charge in [0.1, 0.15) is 5.60 Å². The van der Waals surface area contributed by atoms with Crippen LogP contribution in [-0.4, -0.2) is 29.5 Å². The lowest BCUT2D eigenvalue weighted by molar-refractivity contribution is -0.166. The fraction of sp³-hybridized carbons (Fsp3) is 0.917. The fourth-order valence-electron chi connectivity index (χ4n) is 2.29. The molecule has 0 aromatic carbocycles. The van der Waals surface area contributed by atoms with E-state index in [1.807, 2.05) is 6.92 Å². The number of carbonyl (C=O) groups excluding carboxylic acids is 1. The van der Waals surface area contributed by atoms with Crippen LogP contribution in [0.1, 0.15) is 40.0 Å². The minimum Gasteiger partial charge on any atom is -0.464 e. The highest BCUT2D eigenvalue weighted by atomic mass is 19.1. The van der Waals surface area contributed by atoms with Gasteiger partial charge in [-0.25, -0.2) is 9.18 Å². The maximum Gasteiger partial charge on any atom is 0.343 e. The molecule has 1 fully saturated rings. The van der Waals surface area contributed by atoms with Gasteiger partial charge in [-0.2, -0.15) is 0 Å². The molecule has 0 bridgehead atoms. The van der Waals surface area contributed by atoms with Crippen molar-refractivity contribution < 1.29 is 19.0 Å². The molecule has 0 radical (unpaired) electrons. The minimum absolute atomic E-state index is 0.140. The van der Waals surface area contributed by atoms with Crippen molar-refractivity contribution in [1.29, 1.82) is 0 Å². The van der Waals surface area contributed by atoms with Crippen molar-refractivity contribution in [2.24, 2.45) is 11.8 Å². The summed E-state index contributed by atoms with van der Waals surface area (Å²) in [6.07, 6.45) is -0.508. The number of hydrogen-bond acceptors (Lipinski definition) is 3. The summed E-state index contributed by atoms with van der Waals surface area (Å²) in [4.78, 5) is 11.3. The second-order valence-corrected chi connectivity index (χ2v) is 4.92. The molecular formula is C12H21FO3. The fourth-order valence-corrected chi connectivity index (χ4v) is 2.29. The Kier molecular flexibility index (Phi) is 4.30. The Labute approximate surface area is 96.0 Å². The zero-order valence-corrected chi connectivity index (χ0v) is 10.2. The average molecular weight is 232 g/mol. The molecule has 1 aliphatic rings. The maximum atomic E-state index is 13.8. The summed E-state index contributed by atoms with van der Waals surface area (Å²) >= 11 is 0. The topological polar surface area (TPSA) is 46.5 Å². The smallest absolute Gasteiger partial charge is 0.343 e. The van der Waals surface area contributed by atoms with Gasteiger partial charge in [0.25, 0.3) is 0 Å². The molecule has 1 aliphatic carbocycles. The highest BCUT2D eigenvalue weighted by molar-refractivity contribution is 5.76. The zero-order valence-electron chi connectivity index (χ0n) is 10.2. The summed E-state index contributed by atoms with van der Waals surface area (Å²) in [7, 11) is 0. The molecule has 3 nitrogen and oxygen atoms in total. The van der Waals surface area contributed by atoms with Gasteiger partial charge in [0.05, 0.1) is 6.61 Å². The van der Waals surface area contributed by atoms with Crippen LogP contribution >= 0.6 is 0 Å². The maximum absolute atomic E-state index is 13.8. The first kappa shape index (κ1) is 13.4. The first-order valence-corrected chi connectivity index (χ1v) is 5.93. The van der Waals surface area contributed by atoms with E-state index >= 15 is 0 Å². The quantitative estimate of drug-likeness (QED) is 0.758. The van der Waals surface area contributed by atoms with Crippen molar-refractivity contribution in [3.05, 3.63) is 0 Å². The van der Waals surface area contributed by atoms with Crippen molar-refractivity contribution in [2.45, 2.75) is 51.8 Å². The summed E-state index contributed by atoms with van der Waals surface area (Å²) in [6.45, 7) is 5.83. The molecule has 1 rings (SSSR count). The molecule has 0 heterocycles. The van der Waals surface area contributed by atoms with Crippen LogP contribution < -0.4 is 0 Å². The second-order valence-electron chi connectivity index (χ2n) is 4.92. The van der Waals surface area contributed by atoms with Gasteiger partial charge in [-0.1, -0.05) is 13.8 Å². The van der Waals surface area contributed by atoms with Crippen LogP contribution in [0.4, 0.5) is 4.39 Å². The third kappa shape index (κ3) is 2.73. The van der Waals surface area contributed by atoms with Gasteiger partial charge in [0, 0.05) is 0 Å². The highest BCUT2D eigenvalue weighted by Crippen LogP contribution is 2.39. The minimum atomic E-state index is -1.91. The third-order valence-electron chi connectivity index (χ3n) is 3.64. The third-order valence-corrected chi connectivity index (χ3v) is 3.64. The van der Waals surface area contributed by atoms with E-state index in [4.69, 9.17) is 0 Å². The second kappa shape index (κ2) is 5.13. The summed E-state index contributed by atoms with van der Waals surface area (Å²) in [6, 6.07) is 0. The predicted octanol–water partition coefficient (Wildman–Crippen LogP) is 2.07. The Bertz CT molecular complexity index is 257. The van der Waals surface area contributed by atoms with E-state index in [-0.39, 0.29) is 12.5 Å². The molecule has 4 unspecified atom stereocenters. The standard InChI is InChI=1S/C12H21FO3/c1-4-16-11(14)10(13)12(15)6-5-8(2)9(3)7-12/h8-10,15H,4-7H2,1-3H3. The van der Waals surface area contributed by atoms with Crippen molar-refractivity contribution in [1.82, 2.24) is 0 Å². The van der Waals surface area contributed by atoms with Crippen LogP contribution in [0.3, 0.4) is 0 Å². The number of esters is 1. The SMILES string of the molecule is CCOC(=O)C(F)C1(O)CCC(C)C(C)C1. The number of carbonyl (C=O) groups is 1. The molecule has 4 atom stereocenters. The molecular weight excluding hydrogens is 211 g/mol. The van der Waals surface area contributed by atoms with Gasteiger partial charge < -0.3 is 9.84 Å². The molecule has 0 aliphatic heterocycles. The normalized spacial score (nSPS) is 36.8.